The van der Waals surface area contributed by atoms with Crippen LogP contribution < -0.4 is 0 Å². The Morgan fingerprint density at radius 3 is 2.77 bits per heavy atom. The van der Waals surface area contributed by atoms with E-state index < -0.39 is 10.0 Å². The standard InChI is InChI=1S/C22H25N5O3S/c28-31(29,19-7-1-4-16-5-2-10-23-20(16)19)27-13-17(14-27)21-24-22(30-25-21)18-6-3-11-26(18)12-15-8-9-15/h1-2,4-5,7,10,15,17-18H,3,6,8-9,11-14H2. The average Bonchev–Trinajstić information content (AvgIpc) is 3.22. The summed E-state index contributed by atoms with van der Waals surface area (Å²) in [5.41, 5.74) is 0.507. The lowest BCUT2D eigenvalue weighted by atomic mass is 10.0. The van der Waals surface area contributed by atoms with Crippen LogP contribution in [0, 0.1) is 5.92 Å². The van der Waals surface area contributed by atoms with Gasteiger partial charge in [-0.25, -0.2) is 8.42 Å². The van der Waals surface area contributed by atoms with Gasteiger partial charge in [0.05, 0.1) is 17.5 Å². The summed E-state index contributed by atoms with van der Waals surface area (Å²) < 4.78 is 33.5. The van der Waals surface area contributed by atoms with Crippen molar-refractivity contribution in [2.45, 2.75) is 42.5 Å². The number of likely N-dealkylation sites (tertiary alicyclic amines) is 1. The van der Waals surface area contributed by atoms with Crippen molar-refractivity contribution >= 4 is 20.9 Å². The van der Waals surface area contributed by atoms with Gasteiger partial charge in [-0.2, -0.15) is 9.29 Å². The predicted octanol–water partition coefficient (Wildman–Crippen LogP) is 2.95. The van der Waals surface area contributed by atoms with Crippen molar-refractivity contribution in [2.75, 3.05) is 26.2 Å². The SMILES string of the molecule is O=S(=O)(c1cccc2cccnc12)N1CC(c2noc(C3CCCN3CC3CC3)n2)C1. The lowest BCUT2D eigenvalue weighted by Crippen LogP contribution is -2.48. The van der Waals surface area contributed by atoms with Crippen LogP contribution in [0.3, 0.4) is 0 Å². The highest BCUT2D eigenvalue weighted by atomic mass is 32.2. The maximum atomic E-state index is 13.2. The summed E-state index contributed by atoms with van der Waals surface area (Å²) in [4.78, 5) is 11.7. The van der Waals surface area contributed by atoms with E-state index in [1.54, 1.807) is 18.3 Å². The molecular formula is C22H25N5O3S. The van der Waals surface area contributed by atoms with E-state index >= 15 is 0 Å². The van der Waals surface area contributed by atoms with E-state index in [2.05, 4.69) is 20.0 Å². The second-order valence-electron chi connectivity index (χ2n) is 8.94. The first-order valence-electron chi connectivity index (χ1n) is 11.0. The maximum Gasteiger partial charge on any atom is 0.245 e. The van der Waals surface area contributed by atoms with E-state index in [-0.39, 0.29) is 16.9 Å². The Kier molecular flexibility index (Phi) is 4.59. The quantitative estimate of drug-likeness (QED) is 0.583. The number of fused-ring (bicyclic) bond motifs is 1. The Bertz CT molecular complexity index is 1210. The molecule has 3 fully saturated rings. The Labute approximate surface area is 181 Å². The summed E-state index contributed by atoms with van der Waals surface area (Å²) in [7, 11) is -3.62. The summed E-state index contributed by atoms with van der Waals surface area (Å²) >= 11 is 0. The van der Waals surface area contributed by atoms with Crippen LogP contribution in [0.15, 0.2) is 45.9 Å². The van der Waals surface area contributed by atoms with Crippen molar-refractivity contribution in [3.63, 3.8) is 0 Å². The number of hydrogen-bond donors (Lipinski definition) is 0. The van der Waals surface area contributed by atoms with E-state index in [9.17, 15) is 8.42 Å². The average molecular weight is 440 g/mol. The number of para-hydroxylation sites is 1. The molecule has 2 saturated heterocycles. The van der Waals surface area contributed by atoms with Crippen LogP contribution in [-0.4, -0.2) is 58.9 Å². The molecule has 0 bridgehead atoms. The molecule has 31 heavy (non-hydrogen) atoms. The van der Waals surface area contributed by atoms with Crippen molar-refractivity contribution in [1.29, 1.82) is 0 Å². The van der Waals surface area contributed by atoms with Gasteiger partial charge in [-0.05, 0) is 50.3 Å². The lowest BCUT2D eigenvalue weighted by molar-refractivity contribution is 0.200. The van der Waals surface area contributed by atoms with Crippen molar-refractivity contribution in [2.24, 2.45) is 5.92 Å². The highest BCUT2D eigenvalue weighted by molar-refractivity contribution is 7.89. The number of benzene rings is 1. The molecule has 1 saturated carbocycles. The van der Waals surface area contributed by atoms with E-state index in [0.29, 0.717) is 30.3 Å². The van der Waals surface area contributed by atoms with Crippen molar-refractivity contribution in [3.8, 4) is 0 Å². The second kappa shape index (κ2) is 7.36. The molecule has 3 aromatic rings. The van der Waals surface area contributed by atoms with Gasteiger partial charge in [-0.1, -0.05) is 23.4 Å². The fourth-order valence-corrected chi connectivity index (χ4v) is 6.42. The molecule has 3 aliphatic rings. The van der Waals surface area contributed by atoms with Crippen molar-refractivity contribution < 1.29 is 12.9 Å². The highest BCUT2D eigenvalue weighted by Gasteiger charge is 2.42. The number of nitrogens with zero attached hydrogens (tertiary/aromatic N) is 5. The fraction of sp³-hybridized carbons (Fsp3) is 0.500. The molecule has 1 aliphatic carbocycles. The number of hydrogen-bond acceptors (Lipinski definition) is 7. The molecule has 1 aromatic carbocycles. The van der Waals surface area contributed by atoms with Crippen LogP contribution in [0.2, 0.25) is 0 Å². The normalized spacial score (nSPS) is 23.4. The van der Waals surface area contributed by atoms with Crippen LogP contribution in [0.4, 0.5) is 0 Å². The first-order valence-corrected chi connectivity index (χ1v) is 12.4. The Balaban J connectivity index is 1.17. The second-order valence-corrected chi connectivity index (χ2v) is 10.8. The van der Waals surface area contributed by atoms with Gasteiger partial charge >= 0.3 is 0 Å². The molecule has 8 nitrogen and oxygen atoms in total. The third-order valence-electron chi connectivity index (χ3n) is 6.72. The molecule has 2 aromatic heterocycles. The summed E-state index contributed by atoms with van der Waals surface area (Å²) in [6, 6.07) is 9.15. The van der Waals surface area contributed by atoms with Gasteiger partial charge in [0.1, 0.15) is 4.90 Å². The summed E-state index contributed by atoms with van der Waals surface area (Å²) in [5, 5.41) is 5.02. The zero-order valence-corrected chi connectivity index (χ0v) is 18.0. The molecule has 4 heterocycles. The Morgan fingerprint density at radius 1 is 1.10 bits per heavy atom. The third kappa shape index (κ3) is 3.44. The number of rotatable bonds is 6. The molecule has 2 aliphatic heterocycles. The van der Waals surface area contributed by atoms with Gasteiger partial charge in [-0.15, -0.1) is 0 Å². The van der Waals surface area contributed by atoms with E-state index in [4.69, 9.17) is 4.52 Å². The minimum Gasteiger partial charge on any atom is -0.338 e. The van der Waals surface area contributed by atoms with Crippen LogP contribution >= 0.6 is 0 Å². The van der Waals surface area contributed by atoms with Crippen molar-refractivity contribution in [3.05, 3.63) is 48.2 Å². The highest BCUT2D eigenvalue weighted by Crippen LogP contribution is 2.38. The van der Waals surface area contributed by atoms with Gasteiger partial charge < -0.3 is 4.52 Å². The monoisotopic (exact) mass is 439 g/mol. The molecule has 0 radical (unpaired) electrons. The first-order chi connectivity index (χ1) is 15.1. The topological polar surface area (TPSA) is 92.4 Å². The van der Waals surface area contributed by atoms with Crippen LogP contribution in [0.25, 0.3) is 10.9 Å². The van der Waals surface area contributed by atoms with Crippen LogP contribution in [0.1, 0.15) is 49.4 Å². The largest absolute Gasteiger partial charge is 0.338 e. The summed E-state index contributed by atoms with van der Waals surface area (Å²) in [6.45, 7) is 2.94. The number of aromatic nitrogens is 3. The summed E-state index contributed by atoms with van der Waals surface area (Å²) in [5.74, 6) is 2.11. The van der Waals surface area contributed by atoms with Gasteiger partial charge in [0.25, 0.3) is 0 Å². The van der Waals surface area contributed by atoms with E-state index in [1.165, 1.54) is 17.1 Å². The minimum atomic E-state index is -3.62. The molecule has 9 heteroatoms. The van der Waals surface area contributed by atoms with Gasteiger partial charge in [0, 0.05) is 31.2 Å². The molecular weight excluding hydrogens is 414 g/mol. The third-order valence-corrected chi connectivity index (χ3v) is 8.59. The summed E-state index contributed by atoms with van der Waals surface area (Å²) in [6.07, 6.45) is 6.49. The van der Waals surface area contributed by atoms with Crippen molar-refractivity contribution in [1.82, 2.24) is 24.3 Å². The van der Waals surface area contributed by atoms with Crippen LogP contribution in [-0.2, 0) is 10.0 Å². The number of sulfonamides is 1. The zero-order valence-electron chi connectivity index (χ0n) is 17.2. The molecule has 0 N–H and O–H groups in total. The van der Waals surface area contributed by atoms with Gasteiger partial charge in [0.2, 0.25) is 15.9 Å². The van der Waals surface area contributed by atoms with Crippen LogP contribution in [0.5, 0.6) is 0 Å². The predicted molar refractivity (Wildman–Crippen MR) is 114 cm³/mol. The molecule has 0 spiro atoms. The molecule has 1 unspecified atom stereocenters. The Morgan fingerprint density at radius 2 is 1.94 bits per heavy atom. The minimum absolute atomic E-state index is 0.0338. The smallest absolute Gasteiger partial charge is 0.245 e. The van der Waals surface area contributed by atoms with E-state index in [0.717, 1.165) is 37.2 Å². The number of pyridine rings is 1. The molecule has 6 rings (SSSR count). The Hall–Kier alpha value is -2.36. The molecule has 1 atom stereocenters. The van der Waals surface area contributed by atoms with Gasteiger partial charge in [-0.3, -0.25) is 9.88 Å². The van der Waals surface area contributed by atoms with Gasteiger partial charge in [0.15, 0.2) is 5.82 Å². The van der Waals surface area contributed by atoms with E-state index in [1.807, 2.05) is 18.2 Å². The molecule has 0 amide bonds. The molecule has 162 valence electrons. The maximum absolute atomic E-state index is 13.2. The fourth-order valence-electron chi connectivity index (χ4n) is 4.73. The first kappa shape index (κ1) is 19.3. The lowest BCUT2D eigenvalue weighted by Gasteiger charge is -2.36. The zero-order chi connectivity index (χ0) is 21.0.